The Hall–Kier alpha value is -4.39. The molecule has 3 N–H and O–H groups in total. The molecule has 0 aliphatic rings. The molecule has 0 aliphatic carbocycles. The highest BCUT2D eigenvalue weighted by Gasteiger charge is 2.32. The van der Waals surface area contributed by atoms with Crippen LogP contribution in [0.1, 0.15) is 11.1 Å². The van der Waals surface area contributed by atoms with E-state index < -0.39 is 11.7 Å². The van der Waals surface area contributed by atoms with Gasteiger partial charge >= 0.3 is 6.18 Å². The van der Waals surface area contributed by atoms with E-state index in [4.69, 9.17) is 10.5 Å². The van der Waals surface area contributed by atoms with Crippen molar-refractivity contribution in [2.75, 3.05) is 19.5 Å². The van der Waals surface area contributed by atoms with Crippen molar-refractivity contribution in [1.82, 2.24) is 34.2 Å². The topological polar surface area (TPSA) is 121 Å². The zero-order valence-electron chi connectivity index (χ0n) is 19.0. The molecule has 36 heavy (non-hydrogen) atoms. The summed E-state index contributed by atoms with van der Waals surface area (Å²) in [5, 5.41) is 21.6. The molecule has 0 unspecified atom stereocenters. The molecule has 5 rings (SSSR count). The van der Waals surface area contributed by atoms with Gasteiger partial charge < -0.3 is 15.6 Å². The molecule has 0 spiro atoms. The number of alkyl halides is 3. The van der Waals surface area contributed by atoms with Gasteiger partial charge in [-0.2, -0.15) is 28.5 Å². The van der Waals surface area contributed by atoms with Gasteiger partial charge in [0.2, 0.25) is 0 Å². The number of benzene rings is 1. The van der Waals surface area contributed by atoms with E-state index in [0.29, 0.717) is 23.4 Å². The van der Waals surface area contributed by atoms with Crippen molar-refractivity contribution in [2.24, 2.45) is 0 Å². The first-order valence-electron chi connectivity index (χ1n) is 10.8. The molecule has 0 amide bonds. The third kappa shape index (κ3) is 4.24. The fraction of sp³-hybridized carbons (Fsp3) is 0.217. The number of anilines is 1. The van der Waals surface area contributed by atoms with Crippen LogP contribution in [0.3, 0.4) is 0 Å². The normalized spacial score (nSPS) is 11.9. The summed E-state index contributed by atoms with van der Waals surface area (Å²) < 4.78 is 48.8. The lowest BCUT2D eigenvalue weighted by molar-refractivity contribution is -0.137. The second-order valence-corrected chi connectivity index (χ2v) is 8.02. The molecule has 0 bridgehead atoms. The smallest absolute Gasteiger partial charge is 0.419 e. The van der Waals surface area contributed by atoms with Crippen LogP contribution in [0.4, 0.5) is 19.0 Å². The van der Waals surface area contributed by atoms with Gasteiger partial charge in [-0.1, -0.05) is 12.1 Å². The number of nitrogen functional groups attached to an aromatic ring is 1. The zero-order chi connectivity index (χ0) is 25.4. The van der Waals surface area contributed by atoms with Gasteiger partial charge in [0.25, 0.3) is 0 Å². The summed E-state index contributed by atoms with van der Waals surface area (Å²) in [5.74, 6) is 0.747. The number of nitrogens with two attached hydrogens (primary N) is 1. The Bertz CT molecular complexity index is 1540. The van der Waals surface area contributed by atoms with Gasteiger partial charge in [-0.25, -0.2) is 9.50 Å². The van der Waals surface area contributed by atoms with E-state index in [1.54, 1.807) is 33.7 Å². The van der Waals surface area contributed by atoms with Crippen molar-refractivity contribution < 1.29 is 23.0 Å². The van der Waals surface area contributed by atoms with Gasteiger partial charge in [-0.05, 0) is 17.7 Å². The minimum absolute atomic E-state index is 0.0431. The molecule has 4 heterocycles. The molecule has 13 heteroatoms. The summed E-state index contributed by atoms with van der Waals surface area (Å²) >= 11 is 0. The van der Waals surface area contributed by atoms with Gasteiger partial charge in [0.1, 0.15) is 17.6 Å². The van der Waals surface area contributed by atoms with Gasteiger partial charge in [0.05, 0.1) is 50.5 Å². The van der Waals surface area contributed by atoms with Crippen LogP contribution in [0.2, 0.25) is 0 Å². The number of nitrogens with zero attached hydrogens (tertiary/aromatic N) is 7. The van der Waals surface area contributed by atoms with Crippen molar-refractivity contribution in [3.8, 4) is 28.1 Å². The Morgan fingerprint density at radius 2 is 1.83 bits per heavy atom. The Balaban J connectivity index is 1.55. The lowest BCUT2D eigenvalue weighted by Crippen LogP contribution is -2.05. The van der Waals surface area contributed by atoms with E-state index in [9.17, 15) is 18.3 Å². The van der Waals surface area contributed by atoms with E-state index >= 15 is 0 Å². The zero-order valence-corrected chi connectivity index (χ0v) is 19.0. The number of hydrogen-bond donors (Lipinski definition) is 2. The molecule has 1 aromatic carbocycles. The SMILES string of the molecule is COc1cc(-c2cc(-c3cnn(CCO)c3)n3ncnc(N)c23)ccc1Cn1cc(C(F)(F)F)cn1. The predicted octanol–water partition coefficient (Wildman–Crippen LogP) is 3.11. The Morgan fingerprint density at radius 3 is 2.56 bits per heavy atom. The number of halogens is 3. The van der Waals surface area contributed by atoms with Crippen molar-refractivity contribution in [1.29, 1.82) is 0 Å². The van der Waals surface area contributed by atoms with Gasteiger partial charge in [-0.15, -0.1) is 0 Å². The van der Waals surface area contributed by atoms with Gasteiger partial charge in [0.15, 0.2) is 5.82 Å². The molecule has 0 aliphatic heterocycles. The number of aromatic nitrogens is 7. The molecule has 4 aromatic heterocycles. The van der Waals surface area contributed by atoms with E-state index in [-0.39, 0.29) is 19.0 Å². The summed E-state index contributed by atoms with van der Waals surface area (Å²) in [5.41, 5.74) is 9.61. The molecule has 0 saturated carbocycles. The summed E-state index contributed by atoms with van der Waals surface area (Å²) in [4.78, 5) is 4.13. The van der Waals surface area contributed by atoms with Crippen LogP contribution in [0.25, 0.3) is 27.9 Å². The van der Waals surface area contributed by atoms with Crippen molar-refractivity contribution in [3.63, 3.8) is 0 Å². The highest BCUT2D eigenvalue weighted by Crippen LogP contribution is 2.37. The first kappa shape index (κ1) is 23.4. The van der Waals surface area contributed by atoms with Crippen LogP contribution in [0.15, 0.2) is 55.4 Å². The monoisotopic (exact) mass is 498 g/mol. The fourth-order valence-corrected chi connectivity index (χ4v) is 4.03. The maximum Gasteiger partial charge on any atom is 0.419 e. The molecule has 0 radical (unpaired) electrons. The Labute approximate surface area is 202 Å². The van der Waals surface area contributed by atoms with Crippen molar-refractivity contribution >= 4 is 11.3 Å². The third-order valence-corrected chi connectivity index (χ3v) is 5.73. The molecular formula is C23H21F3N8O2. The summed E-state index contributed by atoms with van der Waals surface area (Å²) in [7, 11) is 1.49. The molecule has 10 nitrogen and oxygen atoms in total. The first-order chi connectivity index (χ1) is 17.3. The molecule has 186 valence electrons. The van der Waals surface area contributed by atoms with Crippen molar-refractivity contribution in [2.45, 2.75) is 19.3 Å². The van der Waals surface area contributed by atoms with E-state index in [1.807, 2.05) is 12.1 Å². The van der Waals surface area contributed by atoms with E-state index in [1.165, 1.54) is 18.1 Å². The van der Waals surface area contributed by atoms with Gasteiger partial charge in [-0.3, -0.25) is 9.36 Å². The highest BCUT2D eigenvalue weighted by atomic mass is 19.4. The number of aliphatic hydroxyl groups excluding tert-OH is 1. The van der Waals surface area contributed by atoms with Crippen LogP contribution in [0.5, 0.6) is 5.75 Å². The highest BCUT2D eigenvalue weighted by molar-refractivity contribution is 5.92. The largest absolute Gasteiger partial charge is 0.496 e. The van der Waals surface area contributed by atoms with Crippen LogP contribution < -0.4 is 10.5 Å². The maximum absolute atomic E-state index is 12.9. The number of hydrogen-bond acceptors (Lipinski definition) is 7. The molecular weight excluding hydrogens is 477 g/mol. The van der Waals surface area contributed by atoms with Crippen LogP contribution in [-0.4, -0.2) is 53.0 Å². The summed E-state index contributed by atoms with van der Waals surface area (Å²) in [6, 6.07) is 7.28. The predicted molar refractivity (Wildman–Crippen MR) is 124 cm³/mol. The second kappa shape index (κ2) is 9.00. The Kier molecular flexibility index (Phi) is 5.84. The third-order valence-electron chi connectivity index (χ3n) is 5.73. The summed E-state index contributed by atoms with van der Waals surface area (Å²) in [6.45, 7) is 0.405. The van der Waals surface area contributed by atoms with Crippen LogP contribution in [-0.2, 0) is 19.3 Å². The molecule has 0 fully saturated rings. The van der Waals surface area contributed by atoms with Gasteiger partial charge in [0, 0.05) is 29.1 Å². The quantitative estimate of drug-likeness (QED) is 0.354. The van der Waals surface area contributed by atoms with Crippen LogP contribution >= 0.6 is 0 Å². The first-order valence-corrected chi connectivity index (χ1v) is 10.8. The lowest BCUT2D eigenvalue weighted by atomic mass is 10.0. The molecule has 5 aromatic rings. The molecule has 0 saturated heterocycles. The Morgan fingerprint density at radius 1 is 1.03 bits per heavy atom. The average Bonchev–Trinajstić information content (AvgIpc) is 3.58. The summed E-state index contributed by atoms with van der Waals surface area (Å²) in [6.07, 6.45) is 2.11. The van der Waals surface area contributed by atoms with E-state index in [0.717, 1.165) is 34.8 Å². The maximum atomic E-state index is 12.9. The van der Waals surface area contributed by atoms with Crippen molar-refractivity contribution in [3.05, 3.63) is 66.5 Å². The molecule has 0 atom stereocenters. The number of rotatable bonds is 7. The lowest BCUT2D eigenvalue weighted by Gasteiger charge is -2.11. The minimum Gasteiger partial charge on any atom is -0.496 e. The minimum atomic E-state index is -4.46. The number of fused-ring (bicyclic) bond motifs is 1. The number of ether oxygens (including phenoxy) is 1. The standard InChI is InChI=1S/C23H21F3N8O2/c1-36-20-6-14(2-3-15(20)10-33-12-17(9-30-33)23(24,25)26)18-7-19(16-8-29-32(11-16)4-5-35)34-21(18)22(27)28-13-31-34/h2-3,6-9,11-13,35H,4-5,10H2,1H3,(H2,27,28,31). The number of aliphatic hydroxyl groups is 1. The number of methoxy groups -OCH3 is 1. The second-order valence-electron chi connectivity index (χ2n) is 8.02. The fourth-order valence-electron chi connectivity index (χ4n) is 4.03. The van der Waals surface area contributed by atoms with Crippen LogP contribution in [0, 0.1) is 0 Å². The van der Waals surface area contributed by atoms with E-state index in [2.05, 4.69) is 20.3 Å². The average molecular weight is 498 g/mol.